The molecule has 0 fully saturated rings. The molecule has 13 heteroatoms. The van der Waals surface area contributed by atoms with Crippen LogP contribution in [0.3, 0.4) is 0 Å². The van der Waals surface area contributed by atoms with Crippen molar-refractivity contribution in [3.63, 3.8) is 0 Å². The molecule has 13 nitrogen and oxygen atoms in total. The second-order valence-corrected chi connectivity index (χ2v) is 9.97. The van der Waals surface area contributed by atoms with Crippen molar-refractivity contribution in [3.05, 3.63) is 35.9 Å². The third-order valence-electron chi connectivity index (χ3n) is 6.28. The highest BCUT2D eigenvalue weighted by atomic mass is 16.5. The van der Waals surface area contributed by atoms with Gasteiger partial charge in [-0.15, -0.1) is 0 Å². The summed E-state index contributed by atoms with van der Waals surface area (Å²) in [5.41, 5.74) is 6.40. The van der Waals surface area contributed by atoms with Gasteiger partial charge in [-0.3, -0.25) is 14.4 Å². The van der Waals surface area contributed by atoms with Crippen LogP contribution in [0.1, 0.15) is 64.9 Å². The molecule has 1 aromatic carbocycles. The number of carbonyl (C=O) groups is 5. The van der Waals surface area contributed by atoms with E-state index in [2.05, 4.69) is 26.6 Å². The molecule has 1 unspecified atom stereocenters. The van der Waals surface area contributed by atoms with E-state index in [0.717, 1.165) is 5.56 Å². The predicted molar refractivity (Wildman–Crippen MR) is 153 cm³/mol. The molecule has 0 bridgehead atoms. The van der Waals surface area contributed by atoms with Crippen LogP contribution in [0.5, 0.6) is 0 Å². The Labute approximate surface area is 241 Å². The first-order valence-electron chi connectivity index (χ1n) is 14.1. The summed E-state index contributed by atoms with van der Waals surface area (Å²) in [5.74, 6) is -2.38. The van der Waals surface area contributed by atoms with Gasteiger partial charge in [-0.1, -0.05) is 44.2 Å². The average molecular weight is 579 g/mol. The molecule has 1 aromatic rings. The van der Waals surface area contributed by atoms with Gasteiger partial charge >= 0.3 is 12.0 Å². The molecule has 0 aliphatic carbocycles. The van der Waals surface area contributed by atoms with Gasteiger partial charge in [0.25, 0.3) is 0 Å². The monoisotopic (exact) mass is 578 g/mol. The molecule has 4 atom stereocenters. The fraction of sp³-hybridized carbons (Fsp3) is 0.607. The molecular weight excluding hydrogens is 532 g/mol. The number of aliphatic carboxylic acids is 1. The molecular formula is C28H46N6O7. The first kappa shape index (κ1) is 35.3. The van der Waals surface area contributed by atoms with Crippen LogP contribution in [0.15, 0.2) is 30.3 Å². The molecule has 0 saturated carbocycles. The summed E-state index contributed by atoms with van der Waals surface area (Å²) in [5, 5.41) is 22.5. The Morgan fingerprint density at radius 1 is 0.927 bits per heavy atom. The Morgan fingerprint density at radius 2 is 1.59 bits per heavy atom. The fourth-order valence-corrected chi connectivity index (χ4v) is 4.02. The lowest BCUT2D eigenvalue weighted by Gasteiger charge is -2.26. The molecule has 0 aromatic heterocycles. The summed E-state index contributed by atoms with van der Waals surface area (Å²) in [4.78, 5) is 61.3. The number of likely N-dealkylation sites (N-methyl/N-ethyl adjacent to an activating group) is 1. The maximum absolute atomic E-state index is 13.3. The number of hydrogen-bond donors (Lipinski definition) is 7. The van der Waals surface area contributed by atoms with E-state index in [0.29, 0.717) is 45.2 Å². The zero-order valence-corrected chi connectivity index (χ0v) is 24.2. The van der Waals surface area contributed by atoms with Crippen molar-refractivity contribution in [3.8, 4) is 0 Å². The minimum Gasteiger partial charge on any atom is -0.480 e. The van der Waals surface area contributed by atoms with Gasteiger partial charge in [0.05, 0.1) is 6.61 Å². The summed E-state index contributed by atoms with van der Waals surface area (Å²) >= 11 is 0. The molecule has 41 heavy (non-hydrogen) atoms. The second-order valence-electron chi connectivity index (χ2n) is 9.97. The lowest BCUT2D eigenvalue weighted by Crippen LogP contribution is -2.57. The average Bonchev–Trinajstić information content (AvgIpc) is 2.93. The number of hydrogen-bond acceptors (Lipinski definition) is 7. The van der Waals surface area contributed by atoms with Crippen LogP contribution >= 0.6 is 0 Å². The smallest absolute Gasteiger partial charge is 0.326 e. The van der Waals surface area contributed by atoms with Crippen molar-refractivity contribution in [2.45, 2.75) is 90.3 Å². The van der Waals surface area contributed by atoms with Crippen LogP contribution in [0, 0.1) is 5.92 Å². The van der Waals surface area contributed by atoms with Crippen LogP contribution in [-0.4, -0.2) is 72.8 Å². The van der Waals surface area contributed by atoms with Crippen LogP contribution in [0.4, 0.5) is 4.79 Å². The van der Waals surface area contributed by atoms with Crippen LogP contribution < -0.4 is 32.3 Å². The molecule has 5 amide bonds. The number of carbonyl (C=O) groups excluding carboxylic acids is 4. The summed E-state index contributed by atoms with van der Waals surface area (Å²) in [6.45, 7) is 6.39. The topological polar surface area (TPSA) is 201 Å². The van der Waals surface area contributed by atoms with Crippen LogP contribution in [-0.2, 0) is 30.5 Å². The van der Waals surface area contributed by atoms with E-state index >= 15 is 0 Å². The highest BCUT2D eigenvalue weighted by Gasteiger charge is 2.29. The van der Waals surface area contributed by atoms with Crippen molar-refractivity contribution in [1.82, 2.24) is 26.6 Å². The fourth-order valence-electron chi connectivity index (χ4n) is 4.02. The number of benzene rings is 1. The van der Waals surface area contributed by atoms with E-state index in [1.807, 2.05) is 30.3 Å². The van der Waals surface area contributed by atoms with Gasteiger partial charge in [0.15, 0.2) is 0 Å². The molecule has 8 N–H and O–H groups in total. The number of amides is 5. The van der Waals surface area contributed by atoms with Gasteiger partial charge in [0.2, 0.25) is 18.2 Å². The highest BCUT2D eigenvalue weighted by molar-refractivity contribution is 5.92. The molecule has 0 radical (unpaired) electrons. The van der Waals surface area contributed by atoms with E-state index in [1.165, 1.54) is 0 Å². The van der Waals surface area contributed by atoms with Gasteiger partial charge in [-0.25, -0.2) is 9.59 Å². The number of urea groups is 1. The SMILES string of the molecule is CCNC(=O)[C@@H](NC(=O)C(CCC[C@H](NC=O)OCc1ccccc1)NC(=O)N[C@@H](CCCCN)C(=O)O)C(C)C. The first-order chi connectivity index (χ1) is 19.6. The Kier molecular flexibility index (Phi) is 17.4. The van der Waals surface area contributed by atoms with E-state index < -0.39 is 42.3 Å². The predicted octanol–water partition coefficient (Wildman–Crippen LogP) is 0.973. The van der Waals surface area contributed by atoms with E-state index in [4.69, 9.17) is 10.5 Å². The van der Waals surface area contributed by atoms with Gasteiger partial charge < -0.3 is 42.2 Å². The summed E-state index contributed by atoms with van der Waals surface area (Å²) < 4.78 is 5.80. The summed E-state index contributed by atoms with van der Waals surface area (Å²) in [6.07, 6.45) is 2.01. The minimum atomic E-state index is -1.20. The Balaban J connectivity index is 2.94. The molecule has 0 aliphatic rings. The third kappa shape index (κ3) is 14.5. The number of ether oxygens (including phenoxy) is 1. The van der Waals surface area contributed by atoms with Gasteiger partial charge in [-0.2, -0.15) is 0 Å². The third-order valence-corrected chi connectivity index (χ3v) is 6.28. The standard InChI is InChI=1S/C28H46N6O7/c1-4-30-26(37)24(19(2)3)34-25(36)21(32-28(40)33-22(27(38)39)13-8-9-16-29)14-10-15-23(31-18-35)41-17-20-11-6-5-7-12-20/h5-7,11-12,18-19,21-24H,4,8-10,13-17,29H2,1-3H3,(H,30,37)(H,31,35)(H,34,36)(H,38,39)(H2,32,33,40)/t21?,22-,23+,24-/m0/s1. The Bertz CT molecular complexity index is 947. The van der Waals surface area contributed by atoms with Gasteiger partial charge in [0, 0.05) is 6.54 Å². The zero-order chi connectivity index (χ0) is 30.6. The number of nitrogens with two attached hydrogens (primary N) is 1. The van der Waals surface area contributed by atoms with Crippen LogP contribution in [0.2, 0.25) is 0 Å². The Hall–Kier alpha value is -3.71. The van der Waals surface area contributed by atoms with Crippen molar-refractivity contribution in [1.29, 1.82) is 0 Å². The zero-order valence-electron chi connectivity index (χ0n) is 24.2. The largest absolute Gasteiger partial charge is 0.480 e. The number of unbranched alkanes of at least 4 members (excludes halogenated alkanes) is 1. The number of rotatable bonds is 21. The van der Waals surface area contributed by atoms with E-state index in [-0.39, 0.29) is 31.3 Å². The lowest BCUT2D eigenvalue weighted by atomic mass is 10.0. The molecule has 0 saturated heterocycles. The molecule has 0 heterocycles. The van der Waals surface area contributed by atoms with E-state index in [1.54, 1.807) is 20.8 Å². The summed E-state index contributed by atoms with van der Waals surface area (Å²) in [6, 6.07) is 5.50. The molecule has 1 rings (SSSR count). The lowest BCUT2D eigenvalue weighted by molar-refractivity contribution is -0.139. The van der Waals surface area contributed by atoms with Crippen molar-refractivity contribution in [2.75, 3.05) is 13.1 Å². The summed E-state index contributed by atoms with van der Waals surface area (Å²) in [7, 11) is 0. The maximum Gasteiger partial charge on any atom is 0.326 e. The number of carboxylic acids is 1. The van der Waals surface area contributed by atoms with Crippen molar-refractivity contribution < 1.29 is 33.8 Å². The van der Waals surface area contributed by atoms with Crippen molar-refractivity contribution >= 4 is 30.2 Å². The minimum absolute atomic E-state index is 0.135. The first-order valence-corrected chi connectivity index (χ1v) is 14.1. The second kappa shape index (κ2) is 20.2. The maximum atomic E-state index is 13.3. The quantitative estimate of drug-likeness (QED) is 0.0635. The van der Waals surface area contributed by atoms with Crippen LogP contribution in [0.25, 0.3) is 0 Å². The number of nitrogens with one attached hydrogen (secondary N) is 5. The highest BCUT2D eigenvalue weighted by Crippen LogP contribution is 2.11. The molecule has 0 spiro atoms. The molecule has 0 aliphatic heterocycles. The van der Waals surface area contributed by atoms with E-state index in [9.17, 15) is 29.1 Å². The Morgan fingerprint density at radius 3 is 2.17 bits per heavy atom. The normalized spacial score (nSPS) is 13.8. The van der Waals surface area contributed by atoms with Crippen molar-refractivity contribution in [2.24, 2.45) is 11.7 Å². The number of carboxylic acid groups (broad SMARTS) is 1. The van der Waals surface area contributed by atoms with Gasteiger partial charge in [0.1, 0.15) is 24.4 Å². The van der Waals surface area contributed by atoms with Gasteiger partial charge in [-0.05, 0) is 63.5 Å². The molecule has 230 valence electrons.